The highest BCUT2D eigenvalue weighted by Crippen LogP contribution is 2.11. The first-order valence-electron chi connectivity index (χ1n) is 9.68. The molecule has 2 aliphatic rings. The zero-order chi connectivity index (χ0) is 18.2. The number of carbonyl (C=O) groups excluding carboxylic acids is 2. The lowest BCUT2D eigenvalue weighted by molar-refractivity contribution is -0.132. The Kier molecular flexibility index (Phi) is 6.89. The number of benzene rings is 1. The van der Waals surface area contributed by atoms with Gasteiger partial charge in [-0.3, -0.25) is 9.69 Å². The minimum atomic E-state index is -0.252. The molecule has 2 heterocycles. The fraction of sp³-hybridized carbons (Fsp3) is 0.600. The molecule has 3 rings (SSSR count). The lowest BCUT2D eigenvalue weighted by Gasteiger charge is -2.34. The van der Waals surface area contributed by atoms with Crippen molar-refractivity contribution in [3.8, 4) is 0 Å². The Balaban J connectivity index is 1.33. The van der Waals surface area contributed by atoms with E-state index < -0.39 is 0 Å². The van der Waals surface area contributed by atoms with Crippen LogP contribution in [0.4, 0.5) is 4.79 Å². The van der Waals surface area contributed by atoms with Crippen LogP contribution in [0.3, 0.4) is 0 Å². The lowest BCUT2D eigenvalue weighted by atomic mass is 10.1. The average Bonchev–Trinajstić information content (AvgIpc) is 2.72. The van der Waals surface area contributed by atoms with Crippen LogP contribution in [-0.2, 0) is 16.1 Å². The Morgan fingerprint density at radius 1 is 0.846 bits per heavy atom. The molecule has 0 N–H and O–H groups in total. The molecular formula is C20H29N3O3. The first-order valence-corrected chi connectivity index (χ1v) is 9.68. The molecule has 2 aliphatic heterocycles. The summed E-state index contributed by atoms with van der Waals surface area (Å²) in [4.78, 5) is 30.4. The number of piperazine rings is 1. The normalized spacial score (nSPS) is 18.6. The SMILES string of the molecule is O=C(CCN1CCN(C(=O)OCc2ccccc2)CC1)N1CCCCC1. The van der Waals surface area contributed by atoms with E-state index in [-0.39, 0.29) is 12.0 Å². The molecule has 2 saturated heterocycles. The van der Waals surface area contributed by atoms with E-state index in [4.69, 9.17) is 4.74 Å². The highest BCUT2D eigenvalue weighted by Gasteiger charge is 2.23. The van der Waals surface area contributed by atoms with E-state index in [1.165, 1.54) is 6.42 Å². The van der Waals surface area contributed by atoms with Crippen molar-refractivity contribution in [1.29, 1.82) is 0 Å². The molecule has 0 bridgehead atoms. The molecule has 0 aromatic heterocycles. The van der Waals surface area contributed by atoms with Crippen LogP contribution in [0.25, 0.3) is 0 Å². The zero-order valence-corrected chi connectivity index (χ0v) is 15.4. The van der Waals surface area contributed by atoms with Crippen LogP contribution in [0.15, 0.2) is 30.3 Å². The van der Waals surface area contributed by atoms with Crippen molar-refractivity contribution in [3.63, 3.8) is 0 Å². The topological polar surface area (TPSA) is 53.1 Å². The molecule has 0 unspecified atom stereocenters. The first-order chi connectivity index (χ1) is 12.7. The largest absolute Gasteiger partial charge is 0.445 e. The number of hydrogen-bond donors (Lipinski definition) is 0. The maximum Gasteiger partial charge on any atom is 0.410 e. The predicted octanol–water partition coefficient (Wildman–Crippen LogP) is 2.34. The molecule has 1 aromatic rings. The third-order valence-corrected chi connectivity index (χ3v) is 5.19. The summed E-state index contributed by atoms with van der Waals surface area (Å²) in [5.41, 5.74) is 0.996. The van der Waals surface area contributed by atoms with Gasteiger partial charge in [0, 0.05) is 52.2 Å². The van der Waals surface area contributed by atoms with Crippen LogP contribution in [0.2, 0.25) is 0 Å². The summed E-state index contributed by atoms with van der Waals surface area (Å²) in [6, 6.07) is 9.72. The Bertz CT molecular complexity index is 579. The molecule has 1 aromatic carbocycles. The second-order valence-electron chi connectivity index (χ2n) is 7.06. The first kappa shape index (κ1) is 18.7. The number of rotatable bonds is 5. The molecule has 0 aliphatic carbocycles. The third-order valence-electron chi connectivity index (χ3n) is 5.19. The number of amides is 2. The summed E-state index contributed by atoms with van der Waals surface area (Å²) in [6.07, 6.45) is 3.84. The highest BCUT2D eigenvalue weighted by atomic mass is 16.6. The van der Waals surface area contributed by atoms with Crippen LogP contribution in [0.1, 0.15) is 31.2 Å². The van der Waals surface area contributed by atoms with E-state index in [9.17, 15) is 9.59 Å². The zero-order valence-electron chi connectivity index (χ0n) is 15.4. The molecule has 26 heavy (non-hydrogen) atoms. The van der Waals surface area contributed by atoms with Gasteiger partial charge >= 0.3 is 6.09 Å². The molecule has 0 saturated carbocycles. The van der Waals surface area contributed by atoms with Gasteiger partial charge in [-0.15, -0.1) is 0 Å². The predicted molar refractivity (Wildman–Crippen MR) is 99.7 cm³/mol. The van der Waals surface area contributed by atoms with Crippen LogP contribution in [-0.4, -0.2) is 72.5 Å². The molecule has 0 radical (unpaired) electrons. The van der Waals surface area contributed by atoms with E-state index in [0.717, 1.165) is 51.1 Å². The summed E-state index contributed by atoms with van der Waals surface area (Å²) >= 11 is 0. The monoisotopic (exact) mass is 359 g/mol. The van der Waals surface area contributed by atoms with Crippen molar-refractivity contribution in [2.45, 2.75) is 32.3 Å². The van der Waals surface area contributed by atoms with Crippen molar-refractivity contribution >= 4 is 12.0 Å². The van der Waals surface area contributed by atoms with Crippen molar-refractivity contribution in [3.05, 3.63) is 35.9 Å². The number of hydrogen-bond acceptors (Lipinski definition) is 4. The summed E-state index contributed by atoms with van der Waals surface area (Å²) in [5.74, 6) is 0.273. The van der Waals surface area contributed by atoms with Gasteiger partial charge in [0.25, 0.3) is 0 Å². The molecule has 2 fully saturated rings. The Morgan fingerprint density at radius 2 is 1.54 bits per heavy atom. The number of carbonyl (C=O) groups is 2. The number of ether oxygens (including phenoxy) is 1. The van der Waals surface area contributed by atoms with Gasteiger partial charge in [-0.1, -0.05) is 30.3 Å². The fourth-order valence-corrected chi connectivity index (χ4v) is 3.52. The van der Waals surface area contributed by atoms with Gasteiger partial charge in [0.2, 0.25) is 5.91 Å². The Morgan fingerprint density at radius 3 is 2.23 bits per heavy atom. The summed E-state index contributed by atoms with van der Waals surface area (Å²) in [6.45, 7) is 5.84. The van der Waals surface area contributed by atoms with Gasteiger partial charge in [-0.25, -0.2) is 4.79 Å². The highest BCUT2D eigenvalue weighted by molar-refractivity contribution is 5.76. The summed E-state index contributed by atoms with van der Waals surface area (Å²) < 4.78 is 5.39. The third kappa shape index (κ3) is 5.46. The molecule has 0 atom stereocenters. The molecule has 142 valence electrons. The molecular weight excluding hydrogens is 330 g/mol. The van der Waals surface area contributed by atoms with E-state index in [1.807, 2.05) is 35.2 Å². The Labute approximate surface area is 155 Å². The average molecular weight is 359 g/mol. The van der Waals surface area contributed by atoms with Gasteiger partial charge in [-0.05, 0) is 24.8 Å². The number of nitrogens with zero attached hydrogens (tertiary/aromatic N) is 3. The molecule has 0 spiro atoms. The van der Waals surface area contributed by atoms with Gasteiger partial charge in [-0.2, -0.15) is 0 Å². The number of likely N-dealkylation sites (tertiary alicyclic amines) is 1. The van der Waals surface area contributed by atoms with Gasteiger partial charge in [0.1, 0.15) is 6.61 Å². The van der Waals surface area contributed by atoms with Crippen LogP contribution >= 0.6 is 0 Å². The summed E-state index contributed by atoms with van der Waals surface area (Å²) in [5, 5.41) is 0. The maximum atomic E-state index is 12.2. The lowest BCUT2D eigenvalue weighted by Crippen LogP contribution is -2.49. The maximum absolute atomic E-state index is 12.2. The van der Waals surface area contributed by atoms with Crippen molar-refractivity contribution < 1.29 is 14.3 Å². The summed E-state index contributed by atoms with van der Waals surface area (Å²) in [7, 11) is 0. The second-order valence-corrected chi connectivity index (χ2v) is 7.06. The Hall–Kier alpha value is -2.08. The van der Waals surface area contributed by atoms with E-state index in [2.05, 4.69) is 4.90 Å². The van der Waals surface area contributed by atoms with Crippen LogP contribution < -0.4 is 0 Å². The van der Waals surface area contributed by atoms with Crippen molar-refractivity contribution in [2.75, 3.05) is 45.8 Å². The van der Waals surface area contributed by atoms with Gasteiger partial charge in [0.05, 0.1) is 0 Å². The van der Waals surface area contributed by atoms with Crippen molar-refractivity contribution in [2.24, 2.45) is 0 Å². The van der Waals surface area contributed by atoms with Gasteiger partial charge < -0.3 is 14.5 Å². The fourth-order valence-electron chi connectivity index (χ4n) is 3.52. The molecule has 6 heteroatoms. The van der Waals surface area contributed by atoms with Crippen LogP contribution in [0, 0.1) is 0 Å². The minimum Gasteiger partial charge on any atom is -0.445 e. The second kappa shape index (κ2) is 9.57. The van der Waals surface area contributed by atoms with E-state index in [0.29, 0.717) is 26.1 Å². The van der Waals surface area contributed by atoms with Crippen molar-refractivity contribution in [1.82, 2.24) is 14.7 Å². The molecule has 2 amide bonds. The van der Waals surface area contributed by atoms with Gasteiger partial charge in [0.15, 0.2) is 0 Å². The smallest absolute Gasteiger partial charge is 0.410 e. The minimum absolute atomic E-state index is 0.252. The number of piperidine rings is 1. The molecule has 6 nitrogen and oxygen atoms in total. The van der Waals surface area contributed by atoms with Crippen LogP contribution in [0.5, 0.6) is 0 Å². The standard InChI is InChI=1S/C20H29N3O3/c24-19(22-10-5-2-6-11-22)9-12-21-13-15-23(16-14-21)20(25)26-17-18-7-3-1-4-8-18/h1,3-4,7-8H,2,5-6,9-17H2. The van der Waals surface area contributed by atoms with E-state index >= 15 is 0 Å². The van der Waals surface area contributed by atoms with E-state index in [1.54, 1.807) is 4.90 Å². The quantitative estimate of drug-likeness (QED) is 0.810.